The largest absolute Gasteiger partial charge is 0.465 e. The monoisotopic (exact) mass is 335 g/mol. The second-order valence-corrected chi connectivity index (χ2v) is 6.80. The molecule has 0 aromatic heterocycles. The van der Waals surface area contributed by atoms with Gasteiger partial charge in [0.15, 0.2) is 0 Å². The Bertz CT molecular complexity index is 617. The van der Waals surface area contributed by atoms with Crippen molar-refractivity contribution in [1.29, 1.82) is 0 Å². The molecule has 1 aromatic rings. The second-order valence-electron chi connectivity index (χ2n) is 4.71. The van der Waals surface area contributed by atoms with Crippen molar-refractivity contribution in [2.75, 3.05) is 13.7 Å². The van der Waals surface area contributed by atoms with Crippen LogP contribution in [0.1, 0.15) is 24.2 Å². The van der Waals surface area contributed by atoms with Crippen molar-refractivity contribution >= 4 is 27.6 Å². The molecule has 0 heterocycles. The average Bonchev–Trinajstić information content (AvgIpc) is 2.45. The summed E-state index contributed by atoms with van der Waals surface area (Å²) in [5.41, 5.74) is 0.0881. The van der Waals surface area contributed by atoms with Gasteiger partial charge in [0.2, 0.25) is 10.0 Å². The number of benzene rings is 1. The van der Waals surface area contributed by atoms with Crippen molar-refractivity contribution in [3.63, 3.8) is 0 Å². The fourth-order valence-corrected chi connectivity index (χ4v) is 3.41. The number of rotatable bonds is 6. The highest BCUT2D eigenvalue weighted by Gasteiger charge is 2.24. The van der Waals surface area contributed by atoms with Crippen LogP contribution in [0.4, 0.5) is 0 Å². The number of aliphatic hydroxyl groups is 1. The highest BCUT2D eigenvalue weighted by molar-refractivity contribution is 7.89. The van der Waals surface area contributed by atoms with E-state index in [1.165, 1.54) is 19.2 Å². The number of halogens is 1. The lowest BCUT2D eigenvalue weighted by Gasteiger charge is -2.19. The van der Waals surface area contributed by atoms with E-state index in [-0.39, 0.29) is 28.0 Å². The fraction of sp³-hybridized carbons (Fsp3) is 0.462. The minimum absolute atomic E-state index is 0.000922. The Labute approximate surface area is 129 Å². The molecule has 1 rings (SSSR count). The van der Waals surface area contributed by atoms with Gasteiger partial charge < -0.3 is 9.84 Å². The summed E-state index contributed by atoms with van der Waals surface area (Å²) in [6.07, 6.45) is 0. The summed E-state index contributed by atoms with van der Waals surface area (Å²) in [7, 11) is -2.71. The lowest BCUT2D eigenvalue weighted by Crippen LogP contribution is -2.38. The van der Waals surface area contributed by atoms with Gasteiger partial charge in [0, 0.05) is 12.6 Å². The van der Waals surface area contributed by atoms with Crippen LogP contribution in [0.5, 0.6) is 0 Å². The topological polar surface area (TPSA) is 92.7 Å². The first-order valence-electron chi connectivity index (χ1n) is 6.24. The van der Waals surface area contributed by atoms with Crippen LogP contribution in [0.3, 0.4) is 0 Å². The molecule has 21 heavy (non-hydrogen) atoms. The number of hydrogen-bond donors (Lipinski definition) is 2. The third kappa shape index (κ3) is 4.41. The molecule has 2 N–H and O–H groups in total. The van der Waals surface area contributed by atoms with E-state index in [9.17, 15) is 13.2 Å². The van der Waals surface area contributed by atoms with Gasteiger partial charge in [-0.1, -0.05) is 18.5 Å². The maximum Gasteiger partial charge on any atom is 0.337 e. The van der Waals surface area contributed by atoms with Gasteiger partial charge in [0.05, 0.1) is 17.7 Å². The van der Waals surface area contributed by atoms with E-state index in [0.717, 1.165) is 6.07 Å². The average molecular weight is 336 g/mol. The molecule has 2 unspecified atom stereocenters. The predicted molar refractivity (Wildman–Crippen MR) is 78.8 cm³/mol. The number of hydrogen-bond acceptors (Lipinski definition) is 5. The van der Waals surface area contributed by atoms with Crippen molar-refractivity contribution in [2.45, 2.75) is 24.8 Å². The minimum atomic E-state index is -3.91. The molecule has 1 aromatic carbocycles. The van der Waals surface area contributed by atoms with E-state index in [1.54, 1.807) is 13.8 Å². The highest BCUT2D eigenvalue weighted by Crippen LogP contribution is 2.23. The summed E-state index contributed by atoms with van der Waals surface area (Å²) in [5, 5.41) is 9.05. The zero-order chi connectivity index (χ0) is 16.2. The van der Waals surface area contributed by atoms with Crippen LogP contribution in [0.2, 0.25) is 5.02 Å². The van der Waals surface area contributed by atoms with E-state index in [1.807, 2.05) is 0 Å². The lowest BCUT2D eigenvalue weighted by molar-refractivity contribution is 0.0600. The zero-order valence-electron chi connectivity index (χ0n) is 12.0. The summed E-state index contributed by atoms with van der Waals surface area (Å²) < 4.78 is 31.6. The van der Waals surface area contributed by atoms with Crippen molar-refractivity contribution in [1.82, 2.24) is 4.72 Å². The van der Waals surface area contributed by atoms with Crippen LogP contribution in [-0.4, -0.2) is 39.3 Å². The molecule has 0 spiro atoms. The molecule has 0 saturated carbocycles. The molecule has 0 amide bonds. The number of methoxy groups -OCH3 is 1. The molecule has 0 aliphatic rings. The summed E-state index contributed by atoms with van der Waals surface area (Å²) in [6, 6.07) is 3.38. The van der Waals surface area contributed by atoms with Gasteiger partial charge in [-0.3, -0.25) is 0 Å². The number of esters is 1. The van der Waals surface area contributed by atoms with Crippen LogP contribution >= 0.6 is 11.6 Å². The molecular weight excluding hydrogens is 318 g/mol. The Morgan fingerprint density at radius 2 is 2.05 bits per heavy atom. The van der Waals surface area contributed by atoms with Gasteiger partial charge >= 0.3 is 5.97 Å². The van der Waals surface area contributed by atoms with Crippen LogP contribution in [0.25, 0.3) is 0 Å². The molecule has 0 bridgehead atoms. The second kappa shape index (κ2) is 7.22. The van der Waals surface area contributed by atoms with E-state index in [0.29, 0.717) is 0 Å². The standard InChI is InChI=1S/C13H18ClNO5S/c1-8(7-16)9(2)15-21(18,19)12-6-10(13(17)20-3)4-5-11(12)14/h4-6,8-9,15-16H,7H2,1-3H3. The Morgan fingerprint density at radius 3 is 2.57 bits per heavy atom. The summed E-state index contributed by atoms with van der Waals surface area (Å²) in [4.78, 5) is 11.3. The number of carbonyl (C=O) groups is 1. The smallest absolute Gasteiger partial charge is 0.337 e. The van der Waals surface area contributed by atoms with Crippen molar-refractivity contribution in [2.24, 2.45) is 5.92 Å². The molecule has 0 radical (unpaired) electrons. The molecule has 6 nitrogen and oxygen atoms in total. The predicted octanol–water partition coefficient (Wildman–Crippen LogP) is 1.42. The van der Waals surface area contributed by atoms with Gasteiger partial charge in [-0.2, -0.15) is 0 Å². The van der Waals surface area contributed by atoms with Gasteiger partial charge in [-0.15, -0.1) is 0 Å². The first kappa shape index (κ1) is 17.9. The molecule has 118 valence electrons. The Kier molecular flexibility index (Phi) is 6.15. The normalized spacial score (nSPS) is 14.5. The van der Waals surface area contributed by atoms with Crippen molar-refractivity contribution in [3.05, 3.63) is 28.8 Å². The van der Waals surface area contributed by atoms with Crippen LogP contribution in [-0.2, 0) is 14.8 Å². The van der Waals surface area contributed by atoms with Gasteiger partial charge in [0.25, 0.3) is 0 Å². The molecule has 0 saturated heterocycles. The van der Waals surface area contributed by atoms with Crippen molar-refractivity contribution < 1.29 is 23.1 Å². The van der Waals surface area contributed by atoms with Crippen molar-refractivity contribution in [3.8, 4) is 0 Å². The minimum Gasteiger partial charge on any atom is -0.465 e. The maximum absolute atomic E-state index is 12.3. The van der Waals surface area contributed by atoms with Gasteiger partial charge in [0.1, 0.15) is 4.90 Å². The van der Waals surface area contributed by atoms with Gasteiger partial charge in [-0.25, -0.2) is 17.9 Å². The summed E-state index contributed by atoms with van der Waals surface area (Å²) in [6.45, 7) is 3.19. The third-order valence-electron chi connectivity index (χ3n) is 3.12. The first-order valence-corrected chi connectivity index (χ1v) is 8.10. The Balaban J connectivity index is 3.16. The number of ether oxygens (including phenoxy) is 1. The number of nitrogens with one attached hydrogen (secondary N) is 1. The zero-order valence-corrected chi connectivity index (χ0v) is 13.5. The van der Waals surface area contributed by atoms with Crippen LogP contribution < -0.4 is 4.72 Å². The number of carbonyl (C=O) groups excluding carboxylic acids is 1. The third-order valence-corrected chi connectivity index (χ3v) is 5.16. The molecule has 0 fully saturated rings. The fourth-order valence-electron chi connectivity index (χ4n) is 1.54. The maximum atomic E-state index is 12.3. The van der Waals surface area contributed by atoms with E-state index >= 15 is 0 Å². The molecule has 0 aliphatic heterocycles. The number of aliphatic hydroxyl groups excluding tert-OH is 1. The summed E-state index contributed by atoms with van der Waals surface area (Å²) in [5.74, 6) is -0.915. The van der Waals surface area contributed by atoms with E-state index < -0.39 is 22.0 Å². The Morgan fingerprint density at radius 1 is 1.43 bits per heavy atom. The molecular formula is C13H18ClNO5S. The molecule has 0 aliphatic carbocycles. The first-order chi connectivity index (χ1) is 9.72. The highest BCUT2D eigenvalue weighted by atomic mass is 35.5. The lowest BCUT2D eigenvalue weighted by atomic mass is 10.1. The number of sulfonamides is 1. The van der Waals surface area contributed by atoms with Gasteiger partial charge in [-0.05, 0) is 31.0 Å². The van der Waals surface area contributed by atoms with Crippen LogP contribution in [0, 0.1) is 5.92 Å². The van der Waals surface area contributed by atoms with Crippen LogP contribution in [0.15, 0.2) is 23.1 Å². The molecule has 8 heteroatoms. The summed E-state index contributed by atoms with van der Waals surface area (Å²) >= 11 is 5.90. The van der Waals surface area contributed by atoms with E-state index in [2.05, 4.69) is 9.46 Å². The molecule has 2 atom stereocenters. The quantitative estimate of drug-likeness (QED) is 0.767. The SMILES string of the molecule is COC(=O)c1ccc(Cl)c(S(=O)(=O)NC(C)C(C)CO)c1. The van der Waals surface area contributed by atoms with E-state index in [4.69, 9.17) is 16.7 Å². The Hall–Kier alpha value is -1.15.